The van der Waals surface area contributed by atoms with E-state index >= 15 is 0 Å². The molecule has 2 atom stereocenters. The van der Waals surface area contributed by atoms with Crippen molar-refractivity contribution in [3.8, 4) is 0 Å². The minimum absolute atomic E-state index is 0.243. The van der Waals surface area contributed by atoms with Crippen LogP contribution in [0.3, 0.4) is 0 Å². The molecule has 0 spiro atoms. The molecule has 2 nitrogen and oxygen atoms in total. The fraction of sp³-hybridized carbons (Fsp3) is 1.00. The lowest BCUT2D eigenvalue weighted by Gasteiger charge is -2.27. The monoisotopic (exact) mass is 312 g/mol. The molecule has 0 bridgehead atoms. The van der Waals surface area contributed by atoms with Crippen molar-refractivity contribution < 1.29 is 9.47 Å². The van der Waals surface area contributed by atoms with E-state index in [0.717, 1.165) is 19.3 Å². The van der Waals surface area contributed by atoms with E-state index in [2.05, 4.69) is 6.92 Å². The van der Waals surface area contributed by atoms with E-state index in [1.165, 1.54) is 25.7 Å². The van der Waals surface area contributed by atoms with Crippen molar-refractivity contribution in [3.05, 3.63) is 0 Å². The third kappa shape index (κ3) is 10.9. The maximum atomic E-state index is 6.05. The lowest BCUT2D eigenvalue weighted by molar-refractivity contribution is 0.00366. The molecule has 0 saturated heterocycles. The summed E-state index contributed by atoms with van der Waals surface area (Å²) in [4.78, 5) is 0. The Morgan fingerprint density at radius 2 is 1.74 bits per heavy atom. The highest BCUT2D eigenvalue weighted by Crippen LogP contribution is 2.30. The molecule has 116 valence electrons. The normalized spacial score (nSPS) is 15.5. The van der Waals surface area contributed by atoms with Gasteiger partial charge in [-0.05, 0) is 26.2 Å². The molecule has 19 heavy (non-hydrogen) atoms. The average molecular weight is 313 g/mol. The number of methoxy groups -OCH3 is 2. The van der Waals surface area contributed by atoms with Crippen LogP contribution >= 0.6 is 23.2 Å². The van der Waals surface area contributed by atoms with Crippen molar-refractivity contribution in [2.75, 3.05) is 20.8 Å². The zero-order valence-corrected chi connectivity index (χ0v) is 14.4. The maximum Gasteiger partial charge on any atom is 0.115 e. The molecule has 0 aliphatic rings. The Hall–Kier alpha value is 0.500. The van der Waals surface area contributed by atoms with Crippen molar-refractivity contribution in [1.29, 1.82) is 0 Å². The van der Waals surface area contributed by atoms with E-state index in [1.54, 1.807) is 14.2 Å². The summed E-state index contributed by atoms with van der Waals surface area (Å²) in [5.41, 5.74) is 0. The Labute approximate surface area is 129 Å². The predicted octanol–water partition coefficient (Wildman–Crippen LogP) is 5.21. The lowest BCUT2D eigenvalue weighted by Crippen LogP contribution is -2.28. The zero-order chi connectivity index (χ0) is 14.7. The van der Waals surface area contributed by atoms with Crippen LogP contribution in [0, 0.1) is 5.92 Å². The molecule has 0 saturated carbocycles. The number of hydrogen-bond donors (Lipinski definition) is 0. The Morgan fingerprint density at radius 3 is 2.21 bits per heavy atom. The molecular weight excluding hydrogens is 283 g/mol. The second-order valence-corrected chi connectivity index (χ2v) is 7.31. The molecule has 0 N–H and O–H groups in total. The van der Waals surface area contributed by atoms with Crippen LogP contribution in [0.5, 0.6) is 0 Å². The van der Waals surface area contributed by atoms with E-state index < -0.39 is 4.33 Å². The van der Waals surface area contributed by atoms with Crippen LogP contribution in [0.15, 0.2) is 0 Å². The molecule has 0 fully saturated rings. The van der Waals surface area contributed by atoms with Gasteiger partial charge in [-0.25, -0.2) is 0 Å². The van der Waals surface area contributed by atoms with Gasteiger partial charge in [0.1, 0.15) is 4.33 Å². The quantitative estimate of drug-likeness (QED) is 0.364. The standard InChI is InChI=1S/C15H30Cl2O2/c1-5-6-7-8-9-14(19-4)13(12-18-3)10-11-15(2,16)17/h13-14H,5-12H2,1-4H3. The third-order valence-corrected chi connectivity index (χ3v) is 3.88. The van der Waals surface area contributed by atoms with E-state index in [9.17, 15) is 0 Å². The van der Waals surface area contributed by atoms with Crippen molar-refractivity contribution in [2.45, 2.75) is 69.2 Å². The lowest BCUT2D eigenvalue weighted by atomic mass is 9.92. The largest absolute Gasteiger partial charge is 0.384 e. The average Bonchev–Trinajstić information content (AvgIpc) is 2.34. The fourth-order valence-electron chi connectivity index (χ4n) is 2.35. The number of ether oxygens (including phenoxy) is 2. The first-order valence-corrected chi connectivity index (χ1v) is 8.09. The summed E-state index contributed by atoms with van der Waals surface area (Å²) < 4.78 is 10.3. The van der Waals surface area contributed by atoms with Gasteiger partial charge in [-0.15, -0.1) is 23.2 Å². The fourth-order valence-corrected chi connectivity index (χ4v) is 2.57. The first kappa shape index (κ1) is 19.5. The molecule has 0 aromatic rings. The molecule has 0 aliphatic carbocycles. The number of halogens is 2. The molecule has 0 heterocycles. The van der Waals surface area contributed by atoms with Gasteiger partial charge < -0.3 is 9.47 Å². The number of unbranched alkanes of at least 4 members (excludes halogenated alkanes) is 3. The second kappa shape index (κ2) is 11.2. The molecular formula is C15H30Cl2O2. The van der Waals surface area contributed by atoms with E-state index in [1.807, 2.05) is 6.92 Å². The minimum atomic E-state index is -0.660. The van der Waals surface area contributed by atoms with Crippen molar-refractivity contribution in [3.63, 3.8) is 0 Å². The van der Waals surface area contributed by atoms with Crippen LogP contribution in [0.25, 0.3) is 0 Å². The maximum absolute atomic E-state index is 6.05. The van der Waals surface area contributed by atoms with Gasteiger partial charge in [0.2, 0.25) is 0 Å². The SMILES string of the molecule is CCCCCCC(OC)C(CCC(C)(Cl)Cl)COC. The molecule has 4 heteroatoms. The predicted molar refractivity (Wildman–Crippen MR) is 84.3 cm³/mol. The summed E-state index contributed by atoms with van der Waals surface area (Å²) in [6, 6.07) is 0. The van der Waals surface area contributed by atoms with Gasteiger partial charge in [0, 0.05) is 20.1 Å². The van der Waals surface area contributed by atoms with Crippen molar-refractivity contribution >= 4 is 23.2 Å². The molecule has 0 aromatic carbocycles. The van der Waals surface area contributed by atoms with Gasteiger partial charge in [-0.3, -0.25) is 0 Å². The molecule has 2 unspecified atom stereocenters. The molecule has 0 aliphatic heterocycles. The first-order valence-electron chi connectivity index (χ1n) is 7.34. The Balaban J connectivity index is 4.20. The minimum Gasteiger partial charge on any atom is -0.384 e. The van der Waals surface area contributed by atoms with Crippen molar-refractivity contribution in [1.82, 2.24) is 0 Å². The molecule has 0 radical (unpaired) electrons. The van der Waals surface area contributed by atoms with Crippen LogP contribution in [0.2, 0.25) is 0 Å². The summed E-state index contributed by atoms with van der Waals surface area (Å²) in [6.07, 6.45) is 8.08. The molecule has 0 rings (SSSR count). The van der Waals surface area contributed by atoms with Crippen molar-refractivity contribution in [2.24, 2.45) is 5.92 Å². The highest BCUT2D eigenvalue weighted by Gasteiger charge is 2.25. The van der Waals surface area contributed by atoms with E-state index in [-0.39, 0.29) is 6.10 Å². The summed E-state index contributed by atoms with van der Waals surface area (Å²) in [6.45, 7) is 4.77. The van der Waals surface area contributed by atoms with Gasteiger partial charge >= 0.3 is 0 Å². The van der Waals surface area contributed by atoms with E-state index in [4.69, 9.17) is 32.7 Å². The summed E-state index contributed by atoms with van der Waals surface area (Å²) in [5.74, 6) is 0.369. The Bertz CT molecular complexity index is 205. The third-order valence-electron chi connectivity index (χ3n) is 3.51. The summed E-state index contributed by atoms with van der Waals surface area (Å²) in [5, 5.41) is 0. The van der Waals surface area contributed by atoms with Gasteiger partial charge in [0.15, 0.2) is 0 Å². The smallest absolute Gasteiger partial charge is 0.115 e. The first-order chi connectivity index (χ1) is 8.94. The number of alkyl halides is 2. The van der Waals surface area contributed by atoms with Crippen LogP contribution in [-0.4, -0.2) is 31.3 Å². The van der Waals surface area contributed by atoms with Crippen LogP contribution in [0.4, 0.5) is 0 Å². The summed E-state index contributed by atoms with van der Waals surface area (Å²) in [7, 11) is 3.52. The van der Waals surface area contributed by atoms with Gasteiger partial charge in [-0.1, -0.05) is 32.6 Å². The van der Waals surface area contributed by atoms with Gasteiger partial charge in [-0.2, -0.15) is 0 Å². The highest BCUT2D eigenvalue weighted by atomic mass is 35.5. The van der Waals surface area contributed by atoms with E-state index in [0.29, 0.717) is 12.5 Å². The second-order valence-electron chi connectivity index (χ2n) is 5.45. The zero-order valence-electron chi connectivity index (χ0n) is 12.9. The summed E-state index contributed by atoms with van der Waals surface area (Å²) >= 11 is 12.1. The Morgan fingerprint density at radius 1 is 1.05 bits per heavy atom. The van der Waals surface area contributed by atoms with Crippen LogP contribution in [-0.2, 0) is 9.47 Å². The van der Waals surface area contributed by atoms with Gasteiger partial charge in [0.05, 0.1) is 12.7 Å². The van der Waals surface area contributed by atoms with Crippen LogP contribution < -0.4 is 0 Å². The number of hydrogen-bond acceptors (Lipinski definition) is 2. The Kier molecular flexibility index (Phi) is 11.5. The topological polar surface area (TPSA) is 18.5 Å². The molecule has 0 aromatic heterocycles. The molecule has 0 amide bonds. The number of rotatable bonds is 12. The van der Waals surface area contributed by atoms with Crippen LogP contribution in [0.1, 0.15) is 58.8 Å². The van der Waals surface area contributed by atoms with Gasteiger partial charge in [0.25, 0.3) is 0 Å². The highest BCUT2D eigenvalue weighted by molar-refractivity contribution is 6.48.